The van der Waals surface area contributed by atoms with Crippen molar-refractivity contribution in [3.63, 3.8) is 0 Å². The van der Waals surface area contributed by atoms with Crippen LogP contribution in [0.2, 0.25) is 10.3 Å². The molecule has 0 bridgehead atoms. The predicted molar refractivity (Wildman–Crippen MR) is 216 cm³/mol. The molecule has 0 spiro atoms. The van der Waals surface area contributed by atoms with E-state index in [0.717, 1.165) is 43.9 Å². The maximum atomic E-state index is 12.1. The van der Waals surface area contributed by atoms with Gasteiger partial charge in [0.25, 0.3) is 0 Å². The second kappa shape index (κ2) is 17.2. The third kappa shape index (κ3) is 11.2. The number of hydrogen-bond acceptors (Lipinski definition) is 6. The Kier molecular flexibility index (Phi) is 13.7. The first-order valence-electron chi connectivity index (χ1n) is 16.6. The number of aromatic nitrogens is 2. The van der Waals surface area contributed by atoms with Crippen molar-refractivity contribution < 1.29 is 13.5 Å². The molecule has 0 radical (unpaired) electrons. The van der Waals surface area contributed by atoms with Gasteiger partial charge in [-0.25, -0.2) is 23.1 Å². The number of nitrogens with zero attached hydrogens (tertiary/aromatic N) is 3. The fourth-order valence-corrected chi connectivity index (χ4v) is 6.84. The lowest BCUT2D eigenvalue weighted by Gasteiger charge is -2.22. The Morgan fingerprint density at radius 2 is 1.43 bits per heavy atom. The summed E-state index contributed by atoms with van der Waals surface area (Å²) in [5.74, 6) is 0. The highest BCUT2D eigenvalue weighted by atomic mass is 35.5. The fourth-order valence-electron chi connectivity index (χ4n) is 5.07. The summed E-state index contributed by atoms with van der Waals surface area (Å²) in [4.78, 5) is 8.11. The van der Waals surface area contributed by atoms with Crippen LogP contribution in [0.15, 0.2) is 89.6 Å². The van der Waals surface area contributed by atoms with Gasteiger partial charge in [-0.05, 0) is 113 Å². The highest BCUT2D eigenvalue weighted by Crippen LogP contribution is 2.29. The van der Waals surface area contributed by atoms with Crippen molar-refractivity contribution in [3.8, 4) is 0 Å². The van der Waals surface area contributed by atoms with Crippen LogP contribution in [0.25, 0.3) is 21.5 Å². The molecule has 0 unspecified atom stereocenters. The summed E-state index contributed by atoms with van der Waals surface area (Å²) in [5.41, 5.74) is 10.8. The fraction of sp³-hybridized carbons (Fsp3) is 0.359. The molecule has 1 aliphatic carbocycles. The number of nitrogens with two attached hydrogens (primary N) is 1. The van der Waals surface area contributed by atoms with Gasteiger partial charge in [0, 0.05) is 35.6 Å². The van der Waals surface area contributed by atoms with Gasteiger partial charge in [-0.3, -0.25) is 0 Å². The van der Waals surface area contributed by atoms with E-state index in [1.807, 2.05) is 122 Å². The van der Waals surface area contributed by atoms with Gasteiger partial charge in [0.2, 0.25) is 0 Å². The highest BCUT2D eigenvalue weighted by Gasteiger charge is 2.27. The Balaban J connectivity index is 0.000000179. The molecule has 0 aliphatic heterocycles. The number of benzene rings is 3. The summed E-state index contributed by atoms with van der Waals surface area (Å²) in [6.07, 6.45) is 3.82. The SMILES string of the molecule is CC(=N[S@](=O)C(C)(C)C)c1ccc2cnc(Cl)cc2c1.C[C@@H](N[S@](=O)C(C)(C)C)c1ccc2cnc(Cl)cc2c1.N[C@H]1c2ccccc2C[C@H]1O. The summed E-state index contributed by atoms with van der Waals surface area (Å²) in [6, 6.07) is 23.4. The Morgan fingerprint density at radius 1 is 0.863 bits per heavy atom. The molecule has 0 saturated heterocycles. The monoisotopic (exact) mass is 767 g/mol. The van der Waals surface area contributed by atoms with Crippen LogP contribution < -0.4 is 10.5 Å². The number of nitrogens with one attached hydrogen (secondary N) is 1. The number of fused-ring (bicyclic) bond motifs is 3. The third-order valence-electron chi connectivity index (χ3n) is 8.16. The zero-order valence-corrected chi connectivity index (χ0v) is 33.4. The lowest BCUT2D eigenvalue weighted by Crippen LogP contribution is -2.34. The molecule has 5 atom stereocenters. The lowest BCUT2D eigenvalue weighted by atomic mass is 10.1. The first kappa shape index (κ1) is 40.7. The second-order valence-corrected chi connectivity index (χ2v) is 19.1. The number of rotatable bonds is 5. The lowest BCUT2D eigenvalue weighted by molar-refractivity contribution is 0.158. The van der Waals surface area contributed by atoms with Gasteiger partial charge < -0.3 is 10.8 Å². The highest BCUT2D eigenvalue weighted by molar-refractivity contribution is 7.85. The van der Waals surface area contributed by atoms with Crippen molar-refractivity contribution in [2.45, 2.75) is 89.5 Å². The van der Waals surface area contributed by atoms with Crippen molar-refractivity contribution in [2.75, 3.05) is 0 Å². The Bertz CT molecular complexity index is 2080. The van der Waals surface area contributed by atoms with Gasteiger partial charge in [-0.2, -0.15) is 4.40 Å². The Labute approximate surface area is 316 Å². The van der Waals surface area contributed by atoms with Crippen molar-refractivity contribution >= 4 is 72.4 Å². The smallest absolute Gasteiger partial charge is 0.145 e. The summed E-state index contributed by atoms with van der Waals surface area (Å²) in [6.45, 7) is 15.5. The van der Waals surface area contributed by atoms with Gasteiger partial charge in [0.1, 0.15) is 21.3 Å². The van der Waals surface area contributed by atoms with E-state index in [0.29, 0.717) is 16.7 Å². The number of pyridine rings is 2. The average Bonchev–Trinajstić information content (AvgIpc) is 3.36. The standard InChI is InChI=1S/C15H19ClN2OS.C15H17ClN2OS.C9H11NO/c2*1-10(18-20(19)15(2,3)4)11-5-6-12-9-17-14(16)8-13(12)7-11;10-9-7-4-2-1-3-6(7)5-8(9)11/h5-10,18H,1-4H3;5-9H,1-4H3;1-4,8-9,11H,5,10H2/t10-,20-;20-;8-,9+/m111/s1. The molecule has 0 fully saturated rings. The Hall–Kier alpha value is -3.09. The maximum Gasteiger partial charge on any atom is 0.145 e. The van der Waals surface area contributed by atoms with Crippen LogP contribution in [0.3, 0.4) is 0 Å². The topological polar surface area (TPSA) is 131 Å². The summed E-state index contributed by atoms with van der Waals surface area (Å²) in [5, 5.41) is 14.4. The van der Waals surface area contributed by atoms with E-state index in [4.69, 9.17) is 28.9 Å². The first-order chi connectivity index (χ1) is 23.8. The van der Waals surface area contributed by atoms with E-state index in [1.54, 1.807) is 12.4 Å². The van der Waals surface area contributed by atoms with Gasteiger partial charge in [-0.1, -0.05) is 71.7 Å². The molecule has 12 heteroatoms. The van der Waals surface area contributed by atoms with Gasteiger partial charge in [0.15, 0.2) is 0 Å². The first-order valence-corrected chi connectivity index (χ1v) is 19.6. The van der Waals surface area contributed by atoms with Crippen LogP contribution in [0.1, 0.15) is 89.7 Å². The van der Waals surface area contributed by atoms with E-state index in [2.05, 4.69) is 25.2 Å². The summed E-state index contributed by atoms with van der Waals surface area (Å²) >= 11 is 11.8. The van der Waals surface area contributed by atoms with Crippen LogP contribution in [0, 0.1) is 0 Å². The normalized spacial score (nSPS) is 17.8. The average molecular weight is 769 g/mol. The zero-order chi connectivity index (χ0) is 37.7. The molecule has 272 valence electrons. The predicted octanol–water partition coefficient (Wildman–Crippen LogP) is 8.76. The maximum absolute atomic E-state index is 12.1. The molecule has 3 aromatic carbocycles. The number of aliphatic hydroxyl groups is 1. The molecular formula is C39H47Cl2N5O3S2. The summed E-state index contributed by atoms with van der Waals surface area (Å²) in [7, 11) is -2.35. The molecule has 51 heavy (non-hydrogen) atoms. The van der Waals surface area contributed by atoms with Crippen molar-refractivity contribution in [1.82, 2.24) is 14.7 Å². The van der Waals surface area contributed by atoms with E-state index in [-0.39, 0.29) is 27.7 Å². The molecule has 4 N–H and O–H groups in total. The molecule has 2 heterocycles. The minimum absolute atomic E-state index is 0.00593. The van der Waals surface area contributed by atoms with Crippen LogP contribution >= 0.6 is 23.2 Å². The molecule has 2 aromatic heterocycles. The molecule has 5 aromatic rings. The number of hydrogen-bond donors (Lipinski definition) is 3. The Morgan fingerprint density at radius 3 is 2.00 bits per heavy atom. The zero-order valence-electron chi connectivity index (χ0n) is 30.3. The molecule has 0 amide bonds. The molecule has 1 aliphatic rings. The minimum Gasteiger partial charge on any atom is -0.391 e. The number of halogens is 2. The molecule has 0 saturated carbocycles. The number of aliphatic hydroxyl groups excluding tert-OH is 1. The van der Waals surface area contributed by atoms with Gasteiger partial charge in [0.05, 0.1) is 38.3 Å². The summed E-state index contributed by atoms with van der Waals surface area (Å²) < 4.78 is 31.0. The van der Waals surface area contributed by atoms with E-state index >= 15 is 0 Å². The van der Waals surface area contributed by atoms with Crippen LogP contribution in [0.5, 0.6) is 0 Å². The van der Waals surface area contributed by atoms with Crippen LogP contribution in [-0.2, 0) is 28.4 Å². The van der Waals surface area contributed by atoms with E-state index in [1.165, 1.54) is 5.56 Å². The van der Waals surface area contributed by atoms with Crippen molar-refractivity contribution in [3.05, 3.63) is 118 Å². The van der Waals surface area contributed by atoms with Gasteiger partial charge >= 0.3 is 0 Å². The van der Waals surface area contributed by atoms with Crippen molar-refractivity contribution in [1.29, 1.82) is 0 Å². The third-order valence-corrected chi connectivity index (χ3v) is 11.7. The second-order valence-electron chi connectivity index (χ2n) is 14.4. The van der Waals surface area contributed by atoms with Gasteiger partial charge in [-0.15, -0.1) is 0 Å². The minimum atomic E-state index is -1.26. The molecular weight excluding hydrogens is 722 g/mol. The molecule has 8 nitrogen and oxygen atoms in total. The van der Waals surface area contributed by atoms with Crippen molar-refractivity contribution in [2.24, 2.45) is 10.1 Å². The van der Waals surface area contributed by atoms with E-state index in [9.17, 15) is 13.5 Å². The van der Waals surface area contributed by atoms with E-state index < -0.39 is 22.0 Å². The quantitative estimate of drug-likeness (QED) is 0.121. The largest absolute Gasteiger partial charge is 0.391 e. The molecule has 6 rings (SSSR count). The van der Waals surface area contributed by atoms with Crippen LogP contribution in [0.4, 0.5) is 0 Å². The van der Waals surface area contributed by atoms with Crippen LogP contribution in [-0.4, -0.2) is 44.8 Å².